The molecule has 98 valence electrons. The number of imidazole rings is 1. The Morgan fingerprint density at radius 1 is 1.37 bits per heavy atom. The highest BCUT2D eigenvalue weighted by molar-refractivity contribution is 5.74. The molecule has 5 heteroatoms. The highest BCUT2D eigenvalue weighted by atomic mass is 16.4. The number of H-pyrrole nitrogens is 1. The second-order valence-corrected chi connectivity index (χ2v) is 4.84. The normalized spacial score (nSPS) is 15.2. The van der Waals surface area contributed by atoms with Gasteiger partial charge in [0.1, 0.15) is 5.82 Å². The zero-order chi connectivity index (χ0) is 13.4. The molecule has 0 spiro atoms. The molecule has 0 fully saturated rings. The molecule has 1 heterocycles. The molecule has 0 amide bonds. The summed E-state index contributed by atoms with van der Waals surface area (Å²) in [7, 11) is 0. The zero-order valence-corrected chi connectivity index (χ0v) is 10.4. The lowest BCUT2D eigenvalue weighted by molar-refractivity contribution is -0.138. The first-order valence-electron chi connectivity index (χ1n) is 6.30. The predicted molar refractivity (Wildman–Crippen MR) is 70.6 cm³/mol. The maximum absolute atomic E-state index is 10.8. The Morgan fingerprint density at radius 2 is 2.16 bits per heavy atom. The second-order valence-electron chi connectivity index (χ2n) is 4.84. The minimum atomic E-state index is -1.11. The molecule has 0 saturated heterocycles. The smallest absolute Gasteiger partial charge is 0.328 e. The molecule has 3 rings (SSSR count). The van der Waals surface area contributed by atoms with Gasteiger partial charge in [-0.25, -0.2) is 4.98 Å². The van der Waals surface area contributed by atoms with Crippen molar-refractivity contribution < 1.29 is 9.90 Å². The van der Waals surface area contributed by atoms with Crippen LogP contribution < -0.4 is 5.73 Å². The average molecular weight is 257 g/mol. The fourth-order valence-electron chi connectivity index (χ4n) is 2.50. The van der Waals surface area contributed by atoms with Gasteiger partial charge >= 0.3 is 5.97 Å². The number of aliphatic carboxylic acids is 1. The molecule has 5 nitrogen and oxygen atoms in total. The molecule has 1 aromatic carbocycles. The standard InChI is InChI=1S/C14H15N3O2/c15-12(14(18)19)13-16-7-11(17-13)10-5-4-8-2-1-3-9(8)6-10/h4-7,12H,1-3,15H2,(H,16,17)(H,18,19). The van der Waals surface area contributed by atoms with Crippen molar-refractivity contribution in [1.82, 2.24) is 9.97 Å². The second kappa shape index (κ2) is 4.51. The van der Waals surface area contributed by atoms with Crippen molar-refractivity contribution in [3.8, 4) is 11.3 Å². The number of carbonyl (C=O) groups is 1. The third-order valence-electron chi connectivity index (χ3n) is 3.57. The van der Waals surface area contributed by atoms with Crippen LogP contribution in [0.1, 0.15) is 29.4 Å². The molecule has 0 bridgehead atoms. The number of hydrogen-bond donors (Lipinski definition) is 3. The van der Waals surface area contributed by atoms with Gasteiger partial charge in [-0.3, -0.25) is 4.79 Å². The molecule has 1 aliphatic rings. The van der Waals surface area contributed by atoms with E-state index in [1.54, 1.807) is 6.20 Å². The summed E-state index contributed by atoms with van der Waals surface area (Å²) in [6.07, 6.45) is 5.10. The Balaban J connectivity index is 1.92. The minimum absolute atomic E-state index is 0.281. The molecule has 4 N–H and O–H groups in total. The van der Waals surface area contributed by atoms with Crippen LogP contribution in [0.4, 0.5) is 0 Å². The number of carboxylic acids is 1. The van der Waals surface area contributed by atoms with Crippen LogP contribution in [0.15, 0.2) is 24.4 Å². The van der Waals surface area contributed by atoms with Crippen molar-refractivity contribution in [3.05, 3.63) is 41.3 Å². The Hall–Kier alpha value is -2.14. The first-order valence-corrected chi connectivity index (χ1v) is 6.30. The number of hydrogen-bond acceptors (Lipinski definition) is 3. The van der Waals surface area contributed by atoms with Gasteiger partial charge < -0.3 is 15.8 Å². The molecule has 1 atom stereocenters. The molecule has 1 aliphatic carbocycles. The summed E-state index contributed by atoms with van der Waals surface area (Å²) in [5, 5.41) is 8.86. The van der Waals surface area contributed by atoms with E-state index in [1.165, 1.54) is 17.5 Å². The number of rotatable bonds is 3. The summed E-state index contributed by atoms with van der Waals surface area (Å²) in [5.41, 5.74) is 10.1. The maximum Gasteiger partial charge on any atom is 0.328 e. The third-order valence-corrected chi connectivity index (χ3v) is 3.57. The summed E-state index contributed by atoms with van der Waals surface area (Å²) in [4.78, 5) is 17.8. The molecular weight excluding hydrogens is 242 g/mol. The van der Waals surface area contributed by atoms with Crippen molar-refractivity contribution in [1.29, 1.82) is 0 Å². The van der Waals surface area contributed by atoms with Crippen molar-refractivity contribution >= 4 is 5.97 Å². The van der Waals surface area contributed by atoms with E-state index in [-0.39, 0.29) is 5.82 Å². The molecule has 2 aromatic rings. The summed E-state index contributed by atoms with van der Waals surface area (Å²) in [6.45, 7) is 0. The monoisotopic (exact) mass is 257 g/mol. The number of carboxylic acid groups (broad SMARTS) is 1. The fraction of sp³-hybridized carbons (Fsp3) is 0.286. The highest BCUT2D eigenvalue weighted by Crippen LogP contribution is 2.27. The van der Waals surface area contributed by atoms with E-state index in [4.69, 9.17) is 10.8 Å². The summed E-state index contributed by atoms with van der Waals surface area (Å²) in [6, 6.07) is 5.21. The van der Waals surface area contributed by atoms with Crippen LogP contribution in [-0.2, 0) is 17.6 Å². The molecule has 0 saturated carbocycles. The van der Waals surface area contributed by atoms with Gasteiger partial charge in [-0.15, -0.1) is 0 Å². The van der Waals surface area contributed by atoms with E-state index in [9.17, 15) is 4.79 Å². The van der Waals surface area contributed by atoms with Crippen LogP contribution in [0.2, 0.25) is 0 Å². The van der Waals surface area contributed by atoms with Crippen LogP contribution >= 0.6 is 0 Å². The molecule has 1 aromatic heterocycles. The van der Waals surface area contributed by atoms with Gasteiger partial charge in [-0.1, -0.05) is 12.1 Å². The average Bonchev–Trinajstić information content (AvgIpc) is 3.05. The van der Waals surface area contributed by atoms with Crippen LogP contribution in [0, 0.1) is 0 Å². The predicted octanol–water partition coefficient (Wildman–Crippen LogP) is 1.65. The highest BCUT2D eigenvalue weighted by Gasteiger charge is 2.18. The number of nitrogens with two attached hydrogens (primary N) is 1. The molecule has 0 aliphatic heterocycles. The number of fused-ring (bicyclic) bond motifs is 1. The topological polar surface area (TPSA) is 92.0 Å². The van der Waals surface area contributed by atoms with Crippen LogP contribution in [-0.4, -0.2) is 21.0 Å². The SMILES string of the molecule is NC(C(=O)O)c1ncc(-c2ccc3c(c2)CCC3)[nH]1. The van der Waals surface area contributed by atoms with Crippen LogP contribution in [0.3, 0.4) is 0 Å². The lowest BCUT2D eigenvalue weighted by Gasteiger charge is -2.04. The van der Waals surface area contributed by atoms with Gasteiger partial charge in [0.25, 0.3) is 0 Å². The number of aryl methyl sites for hydroxylation is 2. The third kappa shape index (κ3) is 2.13. The minimum Gasteiger partial charge on any atom is -0.480 e. The number of benzene rings is 1. The van der Waals surface area contributed by atoms with E-state index in [0.717, 1.165) is 24.1 Å². The van der Waals surface area contributed by atoms with Gasteiger partial charge in [0.05, 0.1) is 11.9 Å². The number of nitrogens with one attached hydrogen (secondary N) is 1. The van der Waals surface area contributed by atoms with E-state index >= 15 is 0 Å². The van der Waals surface area contributed by atoms with Crippen molar-refractivity contribution in [2.24, 2.45) is 5.73 Å². The number of aromatic nitrogens is 2. The van der Waals surface area contributed by atoms with E-state index < -0.39 is 12.0 Å². The summed E-state index contributed by atoms with van der Waals surface area (Å²) >= 11 is 0. The lowest BCUT2D eigenvalue weighted by Crippen LogP contribution is -2.21. The largest absolute Gasteiger partial charge is 0.480 e. The van der Waals surface area contributed by atoms with Gasteiger partial charge in [0.2, 0.25) is 0 Å². The van der Waals surface area contributed by atoms with Crippen LogP contribution in [0.25, 0.3) is 11.3 Å². The maximum atomic E-state index is 10.8. The van der Waals surface area contributed by atoms with Crippen LogP contribution in [0.5, 0.6) is 0 Å². The van der Waals surface area contributed by atoms with Crippen molar-refractivity contribution in [2.45, 2.75) is 25.3 Å². The van der Waals surface area contributed by atoms with Crippen molar-refractivity contribution in [2.75, 3.05) is 0 Å². The summed E-state index contributed by atoms with van der Waals surface area (Å²) < 4.78 is 0. The molecular formula is C14H15N3O2. The van der Waals surface area contributed by atoms with E-state index in [2.05, 4.69) is 22.1 Å². The Kier molecular flexibility index (Phi) is 2.83. The lowest BCUT2D eigenvalue weighted by atomic mass is 10.0. The quantitative estimate of drug-likeness (QED) is 0.779. The zero-order valence-electron chi connectivity index (χ0n) is 10.4. The molecule has 0 radical (unpaired) electrons. The van der Waals surface area contributed by atoms with Gasteiger partial charge in [0, 0.05) is 0 Å². The van der Waals surface area contributed by atoms with Gasteiger partial charge in [0.15, 0.2) is 6.04 Å². The summed E-state index contributed by atoms with van der Waals surface area (Å²) in [5.74, 6) is -0.808. The van der Waals surface area contributed by atoms with E-state index in [1.807, 2.05) is 6.07 Å². The van der Waals surface area contributed by atoms with Gasteiger partial charge in [-0.05, 0) is 42.0 Å². The fourth-order valence-corrected chi connectivity index (χ4v) is 2.50. The Morgan fingerprint density at radius 3 is 2.95 bits per heavy atom. The molecule has 19 heavy (non-hydrogen) atoms. The Bertz CT molecular complexity index is 633. The Labute approximate surface area is 110 Å². The first-order chi connectivity index (χ1) is 9.15. The van der Waals surface area contributed by atoms with Crippen molar-refractivity contribution in [3.63, 3.8) is 0 Å². The first kappa shape index (κ1) is 11.9. The number of aromatic amines is 1. The molecule has 1 unspecified atom stereocenters. The van der Waals surface area contributed by atoms with Gasteiger partial charge in [-0.2, -0.15) is 0 Å². The van der Waals surface area contributed by atoms with E-state index in [0.29, 0.717) is 0 Å². The number of nitrogens with zero attached hydrogens (tertiary/aromatic N) is 1.